The van der Waals surface area contributed by atoms with E-state index >= 15 is 0 Å². The molecule has 1 aromatic heterocycles. The fraction of sp³-hybridized carbons (Fsp3) is 0.231. The first-order valence-corrected chi connectivity index (χ1v) is 5.61. The van der Waals surface area contributed by atoms with Gasteiger partial charge < -0.3 is 4.74 Å². The number of rotatable bonds is 2. The third-order valence-electron chi connectivity index (χ3n) is 2.60. The summed E-state index contributed by atoms with van der Waals surface area (Å²) in [5, 5.41) is 1.60. The van der Waals surface area contributed by atoms with E-state index in [1.54, 1.807) is 6.07 Å². The fourth-order valence-corrected chi connectivity index (χ4v) is 1.98. The van der Waals surface area contributed by atoms with Crippen LogP contribution in [0, 0.1) is 6.92 Å². The summed E-state index contributed by atoms with van der Waals surface area (Å²) in [6.07, 6.45) is 0.165. The summed E-state index contributed by atoms with van der Waals surface area (Å²) < 4.78 is 4.62. The van der Waals surface area contributed by atoms with E-state index in [1.807, 2.05) is 25.1 Å². The minimum absolute atomic E-state index is 0.165. The lowest BCUT2D eigenvalue weighted by molar-refractivity contribution is -0.139. The molecule has 0 saturated carbocycles. The van der Waals surface area contributed by atoms with Gasteiger partial charge in [0.15, 0.2) is 0 Å². The van der Waals surface area contributed by atoms with Crippen molar-refractivity contribution < 1.29 is 9.53 Å². The first-order chi connectivity index (χ1) is 8.11. The van der Waals surface area contributed by atoms with Crippen LogP contribution in [-0.4, -0.2) is 18.1 Å². The molecule has 0 amide bonds. The number of pyridine rings is 1. The monoisotopic (exact) mass is 249 g/mol. The highest BCUT2D eigenvalue weighted by Gasteiger charge is 2.09. The molecule has 0 radical (unpaired) electrons. The van der Waals surface area contributed by atoms with Gasteiger partial charge in [-0.15, -0.1) is 0 Å². The van der Waals surface area contributed by atoms with Crippen LogP contribution in [0.2, 0.25) is 5.02 Å². The van der Waals surface area contributed by atoms with Gasteiger partial charge in [0, 0.05) is 5.39 Å². The molecule has 0 bridgehead atoms. The van der Waals surface area contributed by atoms with Crippen molar-refractivity contribution in [3.8, 4) is 0 Å². The van der Waals surface area contributed by atoms with Gasteiger partial charge in [-0.25, -0.2) is 0 Å². The number of para-hydroxylation sites is 1. The zero-order chi connectivity index (χ0) is 12.4. The summed E-state index contributed by atoms with van der Waals surface area (Å²) in [6.45, 7) is 1.97. The Balaban J connectivity index is 2.54. The van der Waals surface area contributed by atoms with E-state index in [9.17, 15) is 4.79 Å². The second-order valence-corrected chi connectivity index (χ2v) is 4.23. The molecule has 0 aliphatic rings. The van der Waals surface area contributed by atoms with Gasteiger partial charge in [0.1, 0.15) is 0 Å². The number of esters is 1. The van der Waals surface area contributed by atoms with E-state index < -0.39 is 0 Å². The van der Waals surface area contributed by atoms with Gasteiger partial charge in [-0.1, -0.05) is 23.7 Å². The van der Waals surface area contributed by atoms with Crippen LogP contribution in [0.15, 0.2) is 24.3 Å². The second kappa shape index (κ2) is 4.72. The van der Waals surface area contributed by atoms with Gasteiger partial charge in [-0.05, 0) is 24.6 Å². The summed E-state index contributed by atoms with van der Waals surface area (Å²) in [4.78, 5) is 15.6. The number of carbonyl (C=O) groups is 1. The van der Waals surface area contributed by atoms with Crippen molar-refractivity contribution in [2.24, 2.45) is 0 Å². The molecule has 17 heavy (non-hydrogen) atoms. The summed E-state index contributed by atoms with van der Waals surface area (Å²) in [5.74, 6) is -0.302. The predicted octanol–water partition coefficient (Wildman–Crippen LogP) is 2.91. The van der Waals surface area contributed by atoms with Crippen LogP contribution >= 0.6 is 11.6 Å². The van der Waals surface area contributed by atoms with Crippen molar-refractivity contribution in [3.05, 3.63) is 40.5 Å². The first kappa shape index (κ1) is 11.9. The van der Waals surface area contributed by atoms with Crippen LogP contribution in [0.3, 0.4) is 0 Å². The molecule has 0 N–H and O–H groups in total. The van der Waals surface area contributed by atoms with Crippen LogP contribution in [0.4, 0.5) is 0 Å². The Labute approximate surface area is 104 Å². The average Bonchev–Trinajstić information content (AvgIpc) is 2.30. The number of aromatic nitrogens is 1. The first-order valence-electron chi connectivity index (χ1n) is 5.23. The molecule has 0 saturated heterocycles. The lowest BCUT2D eigenvalue weighted by Gasteiger charge is -2.06. The Morgan fingerprint density at radius 2 is 2.24 bits per heavy atom. The molecule has 0 aliphatic carbocycles. The number of hydrogen-bond donors (Lipinski definition) is 0. The smallest absolute Gasteiger partial charge is 0.311 e. The van der Waals surface area contributed by atoms with Gasteiger partial charge >= 0.3 is 5.97 Å². The average molecular weight is 250 g/mol. The van der Waals surface area contributed by atoms with Crippen LogP contribution < -0.4 is 0 Å². The molecule has 0 unspecified atom stereocenters. The quantitative estimate of drug-likeness (QED) is 0.769. The minimum Gasteiger partial charge on any atom is -0.469 e. The topological polar surface area (TPSA) is 39.2 Å². The van der Waals surface area contributed by atoms with E-state index in [0.717, 1.165) is 16.5 Å². The Morgan fingerprint density at radius 3 is 2.94 bits per heavy atom. The molecule has 4 heteroatoms. The third-order valence-corrected chi connectivity index (χ3v) is 2.91. The Kier molecular flexibility index (Phi) is 3.29. The van der Waals surface area contributed by atoms with Crippen molar-refractivity contribution in [1.29, 1.82) is 0 Å². The molecule has 0 spiro atoms. The van der Waals surface area contributed by atoms with Crippen molar-refractivity contribution in [3.63, 3.8) is 0 Å². The van der Waals surface area contributed by atoms with E-state index in [4.69, 9.17) is 11.6 Å². The highest BCUT2D eigenvalue weighted by molar-refractivity contribution is 6.35. The van der Waals surface area contributed by atoms with Crippen molar-refractivity contribution in [2.75, 3.05) is 7.11 Å². The lowest BCUT2D eigenvalue weighted by atomic mass is 10.1. The van der Waals surface area contributed by atoms with E-state index in [-0.39, 0.29) is 12.4 Å². The number of carbonyl (C=O) groups excluding carboxylic acids is 1. The van der Waals surface area contributed by atoms with Gasteiger partial charge in [-0.2, -0.15) is 0 Å². The number of ether oxygens (including phenoxy) is 1. The molecular weight excluding hydrogens is 238 g/mol. The van der Waals surface area contributed by atoms with E-state index in [2.05, 4.69) is 9.72 Å². The number of aryl methyl sites for hydroxylation is 1. The largest absolute Gasteiger partial charge is 0.469 e. The van der Waals surface area contributed by atoms with Crippen molar-refractivity contribution in [2.45, 2.75) is 13.3 Å². The predicted molar refractivity (Wildman–Crippen MR) is 67.2 cm³/mol. The number of nitrogens with zero attached hydrogens (tertiary/aromatic N) is 1. The van der Waals surface area contributed by atoms with Gasteiger partial charge in [-0.3, -0.25) is 9.78 Å². The zero-order valence-corrected chi connectivity index (χ0v) is 10.4. The van der Waals surface area contributed by atoms with Gasteiger partial charge in [0.25, 0.3) is 0 Å². The highest BCUT2D eigenvalue weighted by Crippen LogP contribution is 2.24. The van der Waals surface area contributed by atoms with Crippen LogP contribution in [0.5, 0.6) is 0 Å². The van der Waals surface area contributed by atoms with E-state index in [1.165, 1.54) is 7.11 Å². The summed E-state index contributed by atoms with van der Waals surface area (Å²) in [5.41, 5.74) is 2.46. The molecular formula is C13H12ClNO2. The number of methoxy groups -OCH3 is 1. The fourth-order valence-electron chi connectivity index (χ4n) is 1.76. The number of fused-ring (bicyclic) bond motifs is 1. The number of halogens is 1. The molecule has 0 fully saturated rings. The highest BCUT2D eigenvalue weighted by atomic mass is 35.5. The Morgan fingerprint density at radius 1 is 1.47 bits per heavy atom. The summed E-state index contributed by atoms with van der Waals surface area (Å²) in [6, 6.07) is 7.53. The van der Waals surface area contributed by atoms with Crippen LogP contribution in [0.1, 0.15) is 11.3 Å². The van der Waals surface area contributed by atoms with Crippen LogP contribution in [-0.2, 0) is 16.0 Å². The van der Waals surface area contributed by atoms with Crippen molar-refractivity contribution >= 4 is 28.5 Å². The molecule has 1 heterocycles. The number of hydrogen-bond acceptors (Lipinski definition) is 3. The third kappa shape index (κ3) is 2.39. The molecule has 2 aromatic rings. The SMILES string of the molecule is COC(=O)Cc1cc(C)c2cccc(Cl)c2n1. The normalized spacial score (nSPS) is 10.5. The summed E-state index contributed by atoms with van der Waals surface area (Å²) >= 11 is 6.09. The van der Waals surface area contributed by atoms with Gasteiger partial charge in [0.05, 0.1) is 29.8 Å². The van der Waals surface area contributed by atoms with Crippen LogP contribution in [0.25, 0.3) is 10.9 Å². The van der Waals surface area contributed by atoms with Crippen molar-refractivity contribution in [1.82, 2.24) is 4.98 Å². The number of benzene rings is 1. The molecule has 3 nitrogen and oxygen atoms in total. The molecule has 2 rings (SSSR count). The maximum absolute atomic E-state index is 11.2. The zero-order valence-electron chi connectivity index (χ0n) is 9.66. The molecule has 88 valence electrons. The molecule has 0 aliphatic heterocycles. The minimum atomic E-state index is -0.302. The van der Waals surface area contributed by atoms with Gasteiger partial charge in [0.2, 0.25) is 0 Å². The molecule has 0 atom stereocenters. The standard InChI is InChI=1S/C13H12ClNO2/c1-8-6-9(7-12(16)17-2)15-13-10(8)4-3-5-11(13)14/h3-6H,7H2,1-2H3. The lowest BCUT2D eigenvalue weighted by Crippen LogP contribution is -2.06. The summed E-state index contributed by atoms with van der Waals surface area (Å²) in [7, 11) is 1.36. The second-order valence-electron chi connectivity index (χ2n) is 3.82. The Hall–Kier alpha value is -1.61. The maximum atomic E-state index is 11.2. The molecule has 1 aromatic carbocycles. The Bertz CT molecular complexity index is 581. The maximum Gasteiger partial charge on any atom is 0.311 e. The van der Waals surface area contributed by atoms with E-state index in [0.29, 0.717) is 10.7 Å².